The molecule has 1 amide bonds. The van der Waals surface area contributed by atoms with Crippen LogP contribution in [0, 0.1) is 0 Å². The number of likely N-dealkylation sites (tertiary alicyclic amines) is 1. The first-order chi connectivity index (χ1) is 12.1. The van der Waals surface area contributed by atoms with E-state index >= 15 is 0 Å². The highest BCUT2D eigenvalue weighted by Gasteiger charge is 2.17. The van der Waals surface area contributed by atoms with E-state index in [2.05, 4.69) is 20.4 Å². The number of amides is 1. The molecule has 1 heterocycles. The lowest BCUT2D eigenvalue weighted by atomic mass is 10.2. The van der Waals surface area contributed by atoms with Crippen molar-refractivity contribution in [3.63, 3.8) is 0 Å². The van der Waals surface area contributed by atoms with Crippen LogP contribution in [-0.2, 0) is 11.3 Å². The van der Waals surface area contributed by atoms with Crippen molar-refractivity contribution in [2.24, 2.45) is 4.99 Å². The summed E-state index contributed by atoms with van der Waals surface area (Å²) in [5, 5.41) is 6.02. The third-order valence-electron chi connectivity index (χ3n) is 3.81. The molecule has 0 bridgehead atoms. The fourth-order valence-corrected chi connectivity index (χ4v) is 2.59. The SMILES string of the molecule is CCNC(=NCc1ccccc1OC(F)F)NCC(=O)N1CCCC1. The molecule has 25 heavy (non-hydrogen) atoms. The Balaban J connectivity index is 1.96. The van der Waals surface area contributed by atoms with Gasteiger partial charge in [0.25, 0.3) is 0 Å². The lowest BCUT2D eigenvalue weighted by molar-refractivity contribution is -0.128. The molecule has 8 heteroatoms. The maximum Gasteiger partial charge on any atom is 0.387 e. The summed E-state index contributed by atoms with van der Waals surface area (Å²) >= 11 is 0. The normalized spacial score (nSPS) is 14.7. The van der Waals surface area contributed by atoms with Crippen molar-refractivity contribution in [2.75, 3.05) is 26.2 Å². The zero-order valence-corrected chi connectivity index (χ0v) is 14.3. The Labute approximate surface area is 146 Å². The molecule has 1 aliphatic heterocycles. The average Bonchev–Trinajstić information content (AvgIpc) is 3.12. The number of halogens is 2. The predicted molar refractivity (Wildman–Crippen MR) is 91.7 cm³/mol. The van der Waals surface area contributed by atoms with Gasteiger partial charge in [-0.25, -0.2) is 4.99 Å². The first-order valence-corrected chi connectivity index (χ1v) is 8.42. The number of para-hydroxylation sites is 1. The third-order valence-corrected chi connectivity index (χ3v) is 3.81. The standard InChI is InChI=1S/C17H24F2N4O2/c1-2-20-17(22-12-15(24)23-9-5-6-10-23)21-11-13-7-3-4-8-14(13)25-16(18)19/h3-4,7-8,16H,2,5-6,9-12H2,1H3,(H2,20,21,22). The second-order valence-electron chi connectivity index (χ2n) is 5.62. The van der Waals surface area contributed by atoms with Gasteiger partial charge in [0, 0.05) is 25.2 Å². The van der Waals surface area contributed by atoms with Crippen LogP contribution in [0.3, 0.4) is 0 Å². The smallest absolute Gasteiger partial charge is 0.387 e. The molecule has 1 saturated heterocycles. The Bertz CT molecular complexity index is 590. The number of nitrogens with one attached hydrogen (secondary N) is 2. The van der Waals surface area contributed by atoms with Gasteiger partial charge in [-0.2, -0.15) is 8.78 Å². The van der Waals surface area contributed by atoms with Crippen LogP contribution >= 0.6 is 0 Å². The van der Waals surface area contributed by atoms with Crippen molar-refractivity contribution in [2.45, 2.75) is 32.9 Å². The molecule has 1 aromatic rings. The van der Waals surface area contributed by atoms with E-state index in [1.807, 2.05) is 11.8 Å². The molecule has 1 fully saturated rings. The highest BCUT2D eigenvalue weighted by molar-refractivity contribution is 5.86. The van der Waals surface area contributed by atoms with Crippen molar-refractivity contribution in [1.29, 1.82) is 0 Å². The van der Waals surface area contributed by atoms with E-state index in [9.17, 15) is 13.6 Å². The van der Waals surface area contributed by atoms with Crippen LogP contribution in [0.5, 0.6) is 5.75 Å². The number of ether oxygens (including phenoxy) is 1. The van der Waals surface area contributed by atoms with Gasteiger partial charge < -0.3 is 20.3 Å². The molecule has 0 atom stereocenters. The number of hydrogen-bond acceptors (Lipinski definition) is 3. The van der Waals surface area contributed by atoms with Gasteiger partial charge in [-0.1, -0.05) is 18.2 Å². The van der Waals surface area contributed by atoms with Crippen LogP contribution in [0.1, 0.15) is 25.3 Å². The van der Waals surface area contributed by atoms with E-state index in [1.165, 1.54) is 6.07 Å². The molecule has 0 aliphatic carbocycles. The first kappa shape index (κ1) is 19.0. The highest BCUT2D eigenvalue weighted by atomic mass is 19.3. The van der Waals surface area contributed by atoms with E-state index in [4.69, 9.17) is 0 Å². The first-order valence-electron chi connectivity index (χ1n) is 8.42. The van der Waals surface area contributed by atoms with Crippen LogP contribution in [0.4, 0.5) is 8.78 Å². The van der Waals surface area contributed by atoms with Crippen LogP contribution < -0.4 is 15.4 Å². The monoisotopic (exact) mass is 354 g/mol. The summed E-state index contributed by atoms with van der Waals surface area (Å²) in [6.07, 6.45) is 2.08. The van der Waals surface area contributed by atoms with Gasteiger partial charge in [0.2, 0.25) is 5.91 Å². The zero-order valence-electron chi connectivity index (χ0n) is 14.3. The van der Waals surface area contributed by atoms with Crippen LogP contribution in [0.2, 0.25) is 0 Å². The number of hydrogen-bond donors (Lipinski definition) is 2. The number of benzene rings is 1. The third kappa shape index (κ3) is 6.21. The minimum Gasteiger partial charge on any atom is -0.434 e. The molecule has 138 valence electrons. The lowest BCUT2D eigenvalue weighted by Crippen LogP contribution is -2.44. The second kappa shape index (κ2) is 9.80. The van der Waals surface area contributed by atoms with Crippen molar-refractivity contribution in [3.05, 3.63) is 29.8 Å². The summed E-state index contributed by atoms with van der Waals surface area (Å²) in [6, 6.07) is 6.53. The van der Waals surface area contributed by atoms with Gasteiger partial charge in [-0.15, -0.1) is 0 Å². The van der Waals surface area contributed by atoms with Crippen molar-refractivity contribution in [3.8, 4) is 5.75 Å². The summed E-state index contributed by atoms with van der Waals surface area (Å²) in [4.78, 5) is 18.3. The minimum atomic E-state index is -2.88. The van der Waals surface area contributed by atoms with Gasteiger partial charge in [0.15, 0.2) is 5.96 Å². The summed E-state index contributed by atoms with van der Waals surface area (Å²) in [5.74, 6) is 0.594. The van der Waals surface area contributed by atoms with Crippen molar-refractivity contribution in [1.82, 2.24) is 15.5 Å². The quantitative estimate of drug-likeness (QED) is 0.580. The summed E-state index contributed by atoms with van der Waals surface area (Å²) < 4.78 is 29.4. The van der Waals surface area contributed by atoms with E-state index in [0.29, 0.717) is 18.1 Å². The summed E-state index contributed by atoms with van der Waals surface area (Å²) in [5.41, 5.74) is 0.547. The van der Waals surface area contributed by atoms with Gasteiger partial charge in [0.1, 0.15) is 5.75 Å². The molecule has 0 unspecified atom stereocenters. The number of carbonyl (C=O) groups excluding carboxylic acids is 1. The summed E-state index contributed by atoms with van der Waals surface area (Å²) in [6.45, 7) is 1.57. The second-order valence-corrected chi connectivity index (χ2v) is 5.62. The van der Waals surface area contributed by atoms with Crippen LogP contribution in [0.25, 0.3) is 0 Å². The maximum atomic E-state index is 12.5. The number of alkyl halides is 2. The minimum absolute atomic E-state index is 0.0320. The molecule has 0 radical (unpaired) electrons. The Kier molecular flexibility index (Phi) is 7.43. The average molecular weight is 354 g/mol. The van der Waals surface area contributed by atoms with E-state index in [0.717, 1.165) is 25.9 Å². The summed E-state index contributed by atoms with van der Waals surface area (Å²) in [7, 11) is 0. The van der Waals surface area contributed by atoms with E-state index in [1.54, 1.807) is 18.2 Å². The maximum absolute atomic E-state index is 12.5. The molecule has 1 aliphatic rings. The topological polar surface area (TPSA) is 66.0 Å². The van der Waals surface area contributed by atoms with E-state index in [-0.39, 0.29) is 24.7 Å². The largest absolute Gasteiger partial charge is 0.434 e. The molecule has 0 aromatic heterocycles. The molecule has 2 N–H and O–H groups in total. The van der Waals surface area contributed by atoms with Gasteiger partial charge >= 0.3 is 6.61 Å². The Morgan fingerprint density at radius 2 is 2.00 bits per heavy atom. The van der Waals surface area contributed by atoms with Crippen molar-refractivity contribution >= 4 is 11.9 Å². The Morgan fingerprint density at radius 3 is 2.68 bits per heavy atom. The predicted octanol–water partition coefficient (Wildman–Crippen LogP) is 1.97. The molecular formula is C17H24F2N4O2. The molecule has 0 spiro atoms. The molecular weight excluding hydrogens is 330 g/mol. The van der Waals surface area contributed by atoms with Crippen molar-refractivity contribution < 1.29 is 18.3 Å². The highest BCUT2D eigenvalue weighted by Crippen LogP contribution is 2.20. The van der Waals surface area contributed by atoms with Gasteiger partial charge in [0.05, 0.1) is 13.1 Å². The Hall–Kier alpha value is -2.38. The van der Waals surface area contributed by atoms with Gasteiger partial charge in [-0.05, 0) is 25.8 Å². The lowest BCUT2D eigenvalue weighted by Gasteiger charge is -2.17. The zero-order chi connectivity index (χ0) is 18.1. The fourth-order valence-electron chi connectivity index (χ4n) is 2.59. The van der Waals surface area contributed by atoms with Crippen LogP contribution in [-0.4, -0.2) is 49.6 Å². The fraction of sp³-hybridized carbons (Fsp3) is 0.529. The van der Waals surface area contributed by atoms with Gasteiger partial charge in [-0.3, -0.25) is 4.79 Å². The molecule has 1 aromatic carbocycles. The molecule has 6 nitrogen and oxygen atoms in total. The Morgan fingerprint density at radius 1 is 1.28 bits per heavy atom. The number of aliphatic imine (C=N–C) groups is 1. The molecule has 0 saturated carbocycles. The number of guanidine groups is 1. The number of nitrogens with zero attached hydrogens (tertiary/aromatic N) is 2. The molecule has 2 rings (SSSR count). The number of carbonyl (C=O) groups is 1. The van der Waals surface area contributed by atoms with E-state index < -0.39 is 6.61 Å². The number of rotatable bonds is 7. The van der Waals surface area contributed by atoms with Crippen LogP contribution in [0.15, 0.2) is 29.3 Å².